The average molecular weight is 282 g/mol. The van der Waals surface area contributed by atoms with Gasteiger partial charge in [-0.3, -0.25) is 4.68 Å². The first kappa shape index (κ1) is 12.7. The van der Waals surface area contributed by atoms with Crippen molar-refractivity contribution < 1.29 is 0 Å². The lowest BCUT2D eigenvalue weighted by molar-refractivity contribution is 0.462. The maximum absolute atomic E-state index is 6.07. The smallest absolute Gasteiger partial charge is 0.0817 e. The van der Waals surface area contributed by atoms with Crippen molar-refractivity contribution in [2.24, 2.45) is 0 Å². The molecule has 4 rings (SSSR count). The maximum Gasteiger partial charge on any atom is 0.0817 e. The Hall–Kier alpha value is -1.97. The van der Waals surface area contributed by atoms with Crippen LogP contribution in [0.4, 0.5) is 11.4 Å². The summed E-state index contributed by atoms with van der Waals surface area (Å²) in [5, 5.41) is 4.79. The number of anilines is 2. The van der Waals surface area contributed by atoms with Crippen molar-refractivity contribution in [2.45, 2.75) is 44.7 Å². The van der Waals surface area contributed by atoms with Crippen LogP contribution in [-0.4, -0.2) is 16.3 Å². The van der Waals surface area contributed by atoms with Gasteiger partial charge < -0.3 is 10.6 Å². The Morgan fingerprint density at radius 2 is 2.05 bits per heavy atom. The van der Waals surface area contributed by atoms with E-state index in [0.29, 0.717) is 6.04 Å². The van der Waals surface area contributed by atoms with Crippen LogP contribution in [0.2, 0.25) is 0 Å². The largest absolute Gasteiger partial charge is 0.398 e. The Morgan fingerprint density at radius 1 is 1.19 bits per heavy atom. The van der Waals surface area contributed by atoms with Crippen molar-refractivity contribution in [2.75, 3.05) is 17.2 Å². The fourth-order valence-electron chi connectivity index (χ4n) is 3.72. The van der Waals surface area contributed by atoms with E-state index in [4.69, 9.17) is 10.8 Å². The summed E-state index contributed by atoms with van der Waals surface area (Å²) in [6.07, 6.45) is 8.46. The number of hydrogen-bond acceptors (Lipinski definition) is 3. The van der Waals surface area contributed by atoms with Gasteiger partial charge in [-0.05, 0) is 37.5 Å². The first-order valence-electron chi connectivity index (χ1n) is 7.97. The third-order valence-electron chi connectivity index (χ3n) is 4.88. The topological polar surface area (TPSA) is 47.1 Å². The van der Waals surface area contributed by atoms with Crippen molar-refractivity contribution in [3.8, 4) is 0 Å². The predicted molar refractivity (Wildman–Crippen MR) is 85.3 cm³/mol. The van der Waals surface area contributed by atoms with E-state index in [-0.39, 0.29) is 0 Å². The number of nitrogens with zero attached hydrogens (tertiary/aromatic N) is 3. The van der Waals surface area contributed by atoms with Crippen molar-refractivity contribution in [1.82, 2.24) is 9.78 Å². The molecule has 0 unspecified atom stereocenters. The number of aromatic nitrogens is 2. The number of fused-ring (bicyclic) bond motifs is 1. The molecule has 0 saturated heterocycles. The van der Waals surface area contributed by atoms with Crippen LogP contribution in [0.1, 0.15) is 43.0 Å². The van der Waals surface area contributed by atoms with Crippen LogP contribution in [0.15, 0.2) is 30.5 Å². The minimum atomic E-state index is 0.625. The zero-order chi connectivity index (χ0) is 14.2. The average Bonchev–Trinajstić information content (AvgIpc) is 3.20. The second-order valence-electron chi connectivity index (χ2n) is 6.24. The van der Waals surface area contributed by atoms with E-state index in [1.54, 1.807) is 0 Å². The van der Waals surface area contributed by atoms with E-state index in [2.05, 4.69) is 27.9 Å². The number of nitrogens with two attached hydrogens (primary N) is 1. The van der Waals surface area contributed by atoms with Crippen molar-refractivity contribution in [3.63, 3.8) is 0 Å². The molecule has 110 valence electrons. The minimum absolute atomic E-state index is 0.625. The molecule has 1 saturated carbocycles. The Morgan fingerprint density at radius 3 is 2.90 bits per heavy atom. The van der Waals surface area contributed by atoms with Crippen LogP contribution in [0.5, 0.6) is 0 Å². The predicted octanol–water partition coefficient (Wildman–Crippen LogP) is 3.14. The summed E-state index contributed by atoms with van der Waals surface area (Å²) < 4.78 is 2.18. The molecule has 1 aromatic carbocycles. The summed E-state index contributed by atoms with van der Waals surface area (Å²) >= 11 is 0. The minimum Gasteiger partial charge on any atom is -0.398 e. The molecule has 0 bridgehead atoms. The van der Waals surface area contributed by atoms with E-state index < -0.39 is 0 Å². The van der Waals surface area contributed by atoms with Crippen LogP contribution in [-0.2, 0) is 13.0 Å². The highest BCUT2D eigenvalue weighted by molar-refractivity contribution is 5.68. The standard InChI is InChI=1S/C17H22N4/c18-16-6-3-7-17-15(16)9-10-20(17)12-13-8-11-21(19-13)14-4-1-2-5-14/h3,6-8,11,14H,1-2,4-5,9-10,12,18H2. The first-order chi connectivity index (χ1) is 10.3. The molecule has 0 spiro atoms. The molecule has 1 aliphatic heterocycles. The number of nitrogen functional groups attached to an aromatic ring is 1. The highest BCUT2D eigenvalue weighted by Gasteiger charge is 2.22. The SMILES string of the molecule is Nc1cccc2c1CCN2Cc1ccn(C2CCCC2)n1. The normalized spacial score (nSPS) is 18.4. The van der Waals surface area contributed by atoms with Gasteiger partial charge in [-0.15, -0.1) is 0 Å². The van der Waals surface area contributed by atoms with Gasteiger partial charge in [0.1, 0.15) is 0 Å². The van der Waals surface area contributed by atoms with E-state index in [0.717, 1.165) is 30.9 Å². The van der Waals surface area contributed by atoms with Crippen LogP contribution in [0, 0.1) is 0 Å². The van der Waals surface area contributed by atoms with Crippen LogP contribution in [0.25, 0.3) is 0 Å². The zero-order valence-electron chi connectivity index (χ0n) is 12.3. The maximum atomic E-state index is 6.07. The molecule has 21 heavy (non-hydrogen) atoms. The van der Waals surface area contributed by atoms with Crippen molar-refractivity contribution in [3.05, 3.63) is 41.7 Å². The van der Waals surface area contributed by atoms with Gasteiger partial charge in [-0.1, -0.05) is 18.9 Å². The molecule has 0 radical (unpaired) electrons. The Kier molecular flexibility index (Phi) is 3.09. The Balaban J connectivity index is 1.51. The summed E-state index contributed by atoms with van der Waals surface area (Å²) in [5.41, 5.74) is 10.7. The van der Waals surface area contributed by atoms with Gasteiger partial charge in [0.15, 0.2) is 0 Å². The molecule has 2 aliphatic rings. The van der Waals surface area contributed by atoms with E-state index in [9.17, 15) is 0 Å². The molecule has 0 amide bonds. The Labute approximate surface area is 125 Å². The first-order valence-corrected chi connectivity index (χ1v) is 7.97. The van der Waals surface area contributed by atoms with Crippen molar-refractivity contribution >= 4 is 11.4 Å². The third-order valence-corrected chi connectivity index (χ3v) is 4.88. The van der Waals surface area contributed by atoms with Crippen LogP contribution in [0.3, 0.4) is 0 Å². The molecule has 1 aromatic heterocycles. The van der Waals surface area contributed by atoms with Crippen molar-refractivity contribution in [1.29, 1.82) is 0 Å². The molecule has 2 heterocycles. The molecule has 4 heteroatoms. The number of benzene rings is 1. The van der Waals surface area contributed by atoms with Gasteiger partial charge in [0.05, 0.1) is 18.3 Å². The highest BCUT2D eigenvalue weighted by atomic mass is 15.3. The number of rotatable bonds is 3. The zero-order valence-corrected chi connectivity index (χ0v) is 12.3. The molecule has 2 aromatic rings. The van der Waals surface area contributed by atoms with Gasteiger partial charge in [0.2, 0.25) is 0 Å². The third kappa shape index (κ3) is 2.28. The molecular formula is C17H22N4. The fraction of sp³-hybridized carbons (Fsp3) is 0.471. The highest BCUT2D eigenvalue weighted by Crippen LogP contribution is 2.33. The molecule has 4 nitrogen and oxygen atoms in total. The van der Waals surface area contributed by atoms with Gasteiger partial charge in [0.25, 0.3) is 0 Å². The monoisotopic (exact) mass is 282 g/mol. The summed E-state index contributed by atoms with van der Waals surface area (Å²) in [7, 11) is 0. The quantitative estimate of drug-likeness (QED) is 0.880. The lowest BCUT2D eigenvalue weighted by Gasteiger charge is -2.18. The lowest BCUT2D eigenvalue weighted by Crippen LogP contribution is -2.20. The summed E-state index contributed by atoms with van der Waals surface area (Å²) in [5.74, 6) is 0. The number of hydrogen-bond donors (Lipinski definition) is 1. The molecular weight excluding hydrogens is 260 g/mol. The molecule has 2 N–H and O–H groups in total. The van der Waals surface area contributed by atoms with Gasteiger partial charge >= 0.3 is 0 Å². The summed E-state index contributed by atoms with van der Waals surface area (Å²) in [6, 6.07) is 9.01. The van der Waals surface area contributed by atoms with E-state index in [1.165, 1.54) is 36.9 Å². The van der Waals surface area contributed by atoms with Crippen LogP contribution < -0.4 is 10.6 Å². The fourth-order valence-corrected chi connectivity index (χ4v) is 3.72. The van der Waals surface area contributed by atoms with Crippen LogP contribution >= 0.6 is 0 Å². The lowest BCUT2D eigenvalue weighted by atomic mass is 10.1. The Bertz CT molecular complexity index is 640. The van der Waals surface area contributed by atoms with Gasteiger partial charge in [-0.2, -0.15) is 5.10 Å². The molecule has 1 fully saturated rings. The molecule has 1 aliphatic carbocycles. The van der Waals surface area contributed by atoms with E-state index >= 15 is 0 Å². The van der Waals surface area contributed by atoms with Gasteiger partial charge in [-0.25, -0.2) is 0 Å². The van der Waals surface area contributed by atoms with E-state index in [1.807, 2.05) is 12.1 Å². The summed E-state index contributed by atoms with van der Waals surface area (Å²) in [4.78, 5) is 2.40. The second kappa shape index (κ2) is 5.10. The summed E-state index contributed by atoms with van der Waals surface area (Å²) in [6.45, 7) is 1.93. The van der Waals surface area contributed by atoms with Gasteiger partial charge in [0, 0.05) is 29.7 Å². The second-order valence-corrected chi connectivity index (χ2v) is 6.24. The molecule has 0 atom stereocenters.